The third kappa shape index (κ3) is 9.89. The first kappa shape index (κ1) is 41.0. The molecule has 71 heavy (non-hydrogen) atoms. The monoisotopic (exact) mass is 1120 g/mol. The molecule has 0 amide bonds. The number of aromatic nitrogens is 5. The largest absolute Gasteiger partial charge is 0.522 e. The van der Waals surface area contributed by atoms with Gasteiger partial charge in [0.05, 0.1) is 29.4 Å². The van der Waals surface area contributed by atoms with Gasteiger partial charge in [0.25, 0.3) is 6.33 Å². The van der Waals surface area contributed by atoms with Crippen molar-refractivity contribution < 1.29 is 40.0 Å². The molecule has 0 saturated carbocycles. The summed E-state index contributed by atoms with van der Waals surface area (Å²) < 4.78 is 75.4. The van der Waals surface area contributed by atoms with Crippen LogP contribution in [-0.4, -0.2) is 19.1 Å². The second-order valence-electron chi connectivity index (χ2n) is 22.3. The van der Waals surface area contributed by atoms with Crippen molar-refractivity contribution in [1.82, 2.24) is 19.1 Å². The van der Waals surface area contributed by atoms with E-state index >= 15 is 0 Å². The van der Waals surface area contributed by atoms with Crippen molar-refractivity contribution in [3.63, 3.8) is 0 Å². The molecule has 0 aliphatic carbocycles. The second kappa shape index (κ2) is 18.5. The third-order valence-electron chi connectivity index (χ3n) is 12.5. The minimum atomic E-state index is -1.65. The first-order valence-corrected chi connectivity index (χ1v) is 23.9. The van der Waals surface area contributed by atoms with Gasteiger partial charge < -0.3 is 9.30 Å². The first-order valence-electron chi connectivity index (χ1n) is 27.4. The normalized spacial score (nSPS) is 14.1. The standard InChI is InChI=1S/C64H63N5O.Pt/c1-61(2,3)40-42-31-32-65-58(33-42)69-53-26-17-16-23-51(53)52-30-29-47(37-56(52)69)70-48-38-57(64(10,11)12)66-59(39-48)67-41-68(55-28-19-18-27-54(55)67)60-49(43-21-14-13-15-22-43)24-20-25-50(60)44-34-45(62(4,5)6)36-46(35-44)63(7,8)9;/h13-36,38H,40H2,1-12H3;/q-2;/i13D,14D,15D,21D,22D,40D2;. The summed E-state index contributed by atoms with van der Waals surface area (Å²) in [5.41, 5.74) is 7.73. The number of ether oxygens (including phenoxy) is 1. The van der Waals surface area contributed by atoms with Crippen LogP contribution in [0.2, 0.25) is 0 Å². The number of imidazole rings is 1. The van der Waals surface area contributed by atoms with Crippen molar-refractivity contribution in [3.8, 4) is 51.1 Å². The van der Waals surface area contributed by atoms with Crippen molar-refractivity contribution in [2.24, 2.45) is 5.41 Å². The zero-order valence-corrected chi connectivity index (χ0v) is 44.8. The Hall–Kier alpha value is -6.62. The molecule has 0 atom stereocenters. The van der Waals surface area contributed by atoms with E-state index in [0.717, 1.165) is 55.3 Å². The summed E-state index contributed by atoms with van der Waals surface area (Å²) in [5.74, 6) is 1.73. The minimum Gasteiger partial charge on any atom is -0.522 e. The molecule has 7 heteroatoms. The van der Waals surface area contributed by atoms with Gasteiger partial charge in [0, 0.05) is 41.3 Å². The van der Waals surface area contributed by atoms with Crippen LogP contribution in [0.1, 0.15) is 115 Å². The smallest absolute Gasteiger partial charge is 0.269 e. The van der Waals surface area contributed by atoms with Crippen LogP contribution in [0, 0.1) is 23.9 Å². The Balaban J connectivity index is 0.00000740. The van der Waals surface area contributed by atoms with Crippen molar-refractivity contribution in [3.05, 3.63) is 193 Å². The minimum absolute atomic E-state index is 0. The molecule has 0 bridgehead atoms. The number of pyridine rings is 2. The molecule has 10 rings (SSSR count). The fourth-order valence-electron chi connectivity index (χ4n) is 8.97. The van der Waals surface area contributed by atoms with Crippen LogP contribution in [0.4, 0.5) is 0 Å². The third-order valence-corrected chi connectivity index (χ3v) is 12.5. The van der Waals surface area contributed by atoms with Crippen molar-refractivity contribution in [2.75, 3.05) is 0 Å². The Morgan fingerprint density at radius 1 is 0.634 bits per heavy atom. The van der Waals surface area contributed by atoms with Crippen LogP contribution >= 0.6 is 0 Å². The van der Waals surface area contributed by atoms with E-state index in [1.165, 1.54) is 0 Å². The fourth-order valence-corrected chi connectivity index (χ4v) is 8.97. The summed E-state index contributed by atoms with van der Waals surface area (Å²) in [4.78, 5) is 10.0. The van der Waals surface area contributed by atoms with Crippen LogP contribution in [0.5, 0.6) is 11.5 Å². The van der Waals surface area contributed by atoms with E-state index in [-0.39, 0.29) is 49.5 Å². The number of fused-ring (bicyclic) bond motifs is 4. The number of hydrogen-bond acceptors (Lipinski definition) is 3. The van der Waals surface area contributed by atoms with E-state index in [1.54, 1.807) is 12.3 Å². The van der Waals surface area contributed by atoms with E-state index in [9.17, 15) is 2.74 Å². The number of para-hydroxylation sites is 4. The van der Waals surface area contributed by atoms with E-state index in [2.05, 4.69) is 105 Å². The maximum Gasteiger partial charge on any atom is 0.269 e. The first-order chi connectivity index (χ1) is 36.0. The summed E-state index contributed by atoms with van der Waals surface area (Å²) in [7, 11) is 0. The van der Waals surface area contributed by atoms with Gasteiger partial charge in [0.1, 0.15) is 5.82 Å². The van der Waals surface area contributed by atoms with E-state index in [0.29, 0.717) is 45.5 Å². The van der Waals surface area contributed by atoms with Gasteiger partial charge in [-0.15, -0.1) is 23.6 Å². The maximum absolute atomic E-state index is 9.27. The molecular weight excluding hydrogens is 1050 g/mol. The van der Waals surface area contributed by atoms with E-state index < -0.39 is 35.3 Å². The molecule has 0 radical (unpaired) electrons. The molecule has 0 spiro atoms. The Morgan fingerprint density at radius 3 is 1.97 bits per heavy atom. The van der Waals surface area contributed by atoms with Crippen LogP contribution in [0.3, 0.4) is 0 Å². The van der Waals surface area contributed by atoms with Crippen LogP contribution in [-0.2, 0) is 43.7 Å². The topological polar surface area (TPSA) is 48.8 Å². The average Bonchev–Trinajstić information content (AvgIpc) is 3.95. The van der Waals surface area contributed by atoms with Crippen LogP contribution in [0.15, 0.2) is 152 Å². The second-order valence-corrected chi connectivity index (χ2v) is 22.3. The predicted octanol–water partition coefficient (Wildman–Crippen LogP) is 15.8. The Morgan fingerprint density at radius 2 is 1.30 bits per heavy atom. The van der Waals surface area contributed by atoms with Crippen LogP contribution < -0.4 is 9.30 Å². The van der Waals surface area contributed by atoms with Gasteiger partial charge in [-0.3, -0.25) is 14.1 Å². The zero-order valence-electron chi connectivity index (χ0n) is 49.5. The molecule has 6 aromatic carbocycles. The summed E-state index contributed by atoms with van der Waals surface area (Å²) in [6, 6.07) is 42.7. The Kier molecular flexibility index (Phi) is 10.7. The van der Waals surface area contributed by atoms with Crippen LogP contribution in [0.25, 0.3) is 72.4 Å². The summed E-state index contributed by atoms with van der Waals surface area (Å²) in [6.45, 7) is 25.1. The maximum atomic E-state index is 9.27. The van der Waals surface area contributed by atoms with Gasteiger partial charge >= 0.3 is 0 Å². The van der Waals surface area contributed by atoms with Crippen molar-refractivity contribution >= 4 is 32.8 Å². The molecule has 0 N–H and O–H groups in total. The van der Waals surface area contributed by atoms with Gasteiger partial charge in [0.2, 0.25) is 0 Å². The van der Waals surface area contributed by atoms with Gasteiger partial charge in [0.15, 0.2) is 0 Å². The average molecular weight is 1120 g/mol. The van der Waals surface area contributed by atoms with E-state index in [1.807, 2.05) is 119 Å². The van der Waals surface area contributed by atoms with Crippen molar-refractivity contribution in [1.29, 1.82) is 0 Å². The van der Waals surface area contributed by atoms with Gasteiger partial charge in [-0.25, -0.2) is 4.98 Å². The van der Waals surface area contributed by atoms with Gasteiger partial charge in [-0.05, 0) is 102 Å². The van der Waals surface area contributed by atoms with Crippen molar-refractivity contribution in [2.45, 2.75) is 106 Å². The summed E-state index contributed by atoms with van der Waals surface area (Å²) >= 11 is 0. The number of benzene rings is 6. The molecule has 0 aliphatic rings. The Labute approximate surface area is 444 Å². The summed E-state index contributed by atoms with van der Waals surface area (Å²) in [5, 5.41) is 1.91. The molecule has 0 aliphatic heterocycles. The molecule has 362 valence electrons. The van der Waals surface area contributed by atoms with Gasteiger partial charge in [-0.2, -0.15) is 12.1 Å². The SMILES string of the molecule is [2H]c1c([2H])c([2H])c(-c2cccc(-c3cc(C(C)(C)C)cc(C(C)(C)C)c3)c2-[n+]2[c-]n(-c3[c-]c(Oc4[c-]c5c(cc4)c4ccccc4n5-c4cc(C([2H])([2H])C(C)(C)C)ccn4)cc(C(C)(C)C)n3)c3ccccc32)c([2H])c1[2H].[Pt]. The molecule has 0 unspecified atom stereocenters. The number of hydrogen-bond donors (Lipinski definition) is 0. The molecule has 6 nitrogen and oxygen atoms in total. The molecule has 4 heterocycles. The molecule has 4 aromatic heterocycles. The van der Waals surface area contributed by atoms with E-state index in [4.69, 9.17) is 21.6 Å². The molecule has 10 aromatic rings. The predicted molar refractivity (Wildman–Crippen MR) is 288 cm³/mol. The number of rotatable bonds is 8. The summed E-state index contributed by atoms with van der Waals surface area (Å²) in [6.07, 6.45) is 3.67. The fraction of sp³-hybridized carbons (Fsp3) is 0.266. The molecule has 0 saturated heterocycles. The Bertz CT molecular complexity index is 3940. The zero-order chi connectivity index (χ0) is 55.5. The molecule has 0 fully saturated rings. The molecular formula is C64H63N5OPt-2. The quantitative estimate of drug-likeness (QED) is 0.113. The van der Waals surface area contributed by atoms with Gasteiger partial charge in [-0.1, -0.05) is 198 Å². The number of nitrogens with zero attached hydrogens (tertiary/aromatic N) is 5.